The van der Waals surface area contributed by atoms with Crippen LogP contribution in [-0.2, 0) is 9.59 Å². The van der Waals surface area contributed by atoms with Crippen LogP contribution in [0, 0.1) is 28.6 Å². The molecule has 0 aromatic carbocycles. The molecule has 0 aliphatic heterocycles. The average Bonchev–Trinajstić information content (AvgIpc) is 3.59. The van der Waals surface area contributed by atoms with Crippen LogP contribution in [0.5, 0.6) is 0 Å². The second kappa shape index (κ2) is 12.0. The van der Waals surface area contributed by atoms with Crippen molar-refractivity contribution in [3.63, 3.8) is 0 Å². The number of fused-ring (bicyclic) bond motifs is 6. The number of allylic oxidation sites excluding steroid dienone is 4. The summed E-state index contributed by atoms with van der Waals surface area (Å²) in [4.78, 5) is 38.9. The molecule has 7 rings (SSSR count). The van der Waals surface area contributed by atoms with Crippen LogP contribution in [0.3, 0.4) is 0 Å². The summed E-state index contributed by atoms with van der Waals surface area (Å²) in [5, 5.41) is 36.2. The van der Waals surface area contributed by atoms with E-state index in [0.717, 1.165) is 18.4 Å². The van der Waals surface area contributed by atoms with Gasteiger partial charge in [-0.3, -0.25) is 14.4 Å². The monoisotopic (exact) mass is 649 g/mol. The van der Waals surface area contributed by atoms with Crippen LogP contribution in [0.2, 0.25) is 0 Å². The van der Waals surface area contributed by atoms with E-state index < -0.39 is 52.4 Å². The lowest BCUT2D eigenvalue weighted by Gasteiger charge is -2.62. The highest BCUT2D eigenvalue weighted by Crippen LogP contribution is 2.70. The fourth-order valence-corrected chi connectivity index (χ4v) is 10.2. The summed E-state index contributed by atoms with van der Waals surface area (Å²) in [5.74, 6) is -2.03. The molecule has 5 aliphatic carbocycles. The number of carbonyl (C=O) groups excluding carboxylic acids is 3. The number of carbonyl (C=O) groups is 3. The van der Waals surface area contributed by atoms with E-state index in [1.165, 1.54) is 31.4 Å². The minimum absolute atomic E-state index is 0.0676. The molecule has 0 bridgehead atoms. The Labute approximate surface area is 275 Å². The number of pyridine rings is 1. The van der Waals surface area contributed by atoms with Gasteiger partial charge in [-0.05, 0) is 81.6 Å². The molecule has 4 saturated carbocycles. The third kappa shape index (κ3) is 4.88. The van der Waals surface area contributed by atoms with Gasteiger partial charge in [-0.15, -0.1) is 0 Å². The van der Waals surface area contributed by atoms with E-state index in [0.29, 0.717) is 36.4 Å². The van der Waals surface area contributed by atoms with E-state index in [2.05, 4.69) is 5.10 Å². The Morgan fingerprint density at radius 3 is 2.55 bits per heavy atom. The van der Waals surface area contributed by atoms with Crippen molar-refractivity contribution < 1.29 is 34.1 Å². The molecule has 3 N–H and O–H groups in total. The Morgan fingerprint density at radius 1 is 1.13 bits per heavy atom. The molecule has 9 nitrogen and oxygen atoms in total. The first-order chi connectivity index (χ1) is 22.2. The highest BCUT2D eigenvalue weighted by atomic mass is 19.1. The maximum Gasteiger partial charge on any atom is 0.257 e. The van der Waals surface area contributed by atoms with Crippen molar-refractivity contribution in [3.8, 4) is 0 Å². The Hall–Kier alpha value is -3.21. The summed E-state index contributed by atoms with van der Waals surface area (Å²) in [7, 11) is 1.92. The van der Waals surface area contributed by atoms with Crippen molar-refractivity contribution in [1.29, 1.82) is 0 Å². The first-order valence-corrected chi connectivity index (χ1v) is 17.1. The topological polar surface area (TPSA) is 132 Å². The van der Waals surface area contributed by atoms with Gasteiger partial charge in [0.15, 0.2) is 17.2 Å². The molecule has 10 heteroatoms. The molecule has 5 aliphatic rings. The van der Waals surface area contributed by atoms with Gasteiger partial charge >= 0.3 is 0 Å². The number of aliphatic hydroxyl groups is 3. The summed E-state index contributed by atoms with van der Waals surface area (Å²) in [6.45, 7) is 4.48. The van der Waals surface area contributed by atoms with Gasteiger partial charge < -0.3 is 20.2 Å². The summed E-state index contributed by atoms with van der Waals surface area (Å²) >= 11 is 0. The van der Waals surface area contributed by atoms with Gasteiger partial charge in [0.05, 0.1) is 23.4 Å². The quantitative estimate of drug-likeness (QED) is 0.440. The first kappa shape index (κ1) is 33.7. The van der Waals surface area contributed by atoms with E-state index in [-0.39, 0.29) is 24.0 Å². The predicted octanol–water partition coefficient (Wildman–Crippen LogP) is 4.63. The van der Waals surface area contributed by atoms with Gasteiger partial charge in [0.1, 0.15) is 12.2 Å². The molecule has 1 amide bonds. The molecule has 2 aromatic heterocycles. The number of hydrogen-bond donors (Lipinski definition) is 3. The fourth-order valence-electron chi connectivity index (χ4n) is 10.2. The standard InChI is InChI=1S/C22H29FO5.C15H19N3O/c1-12-8-16-15-5-4-13-9-14(25)6-7-19(13,2)21(15,23)17(26)10-20(16,3)22(12,28)18(27)11-24;1-17(12-7-3-2-4-8-12)15(19)13-11-16-18-10-6-5-9-14(13)18/h6-7,9,12,15-17,24,26,28H,4-5,8,10-11H2,1-3H3;5-6,9-12H,2-4,7-8H2,1H3/t12-,15+,16+,17+,19+,20+,21+,22+;/m1./s1. The highest BCUT2D eigenvalue weighted by molar-refractivity contribution is 6.01. The molecular formula is C37H48FN3O6. The minimum Gasteiger partial charge on any atom is -0.390 e. The maximum atomic E-state index is 16.9. The smallest absolute Gasteiger partial charge is 0.257 e. The van der Waals surface area contributed by atoms with E-state index in [4.69, 9.17) is 0 Å². The average molecular weight is 650 g/mol. The first-order valence-electron chi connectivity index (χ1n) is 17.1. The van der Waals surface area contributed by atoms with Crippen molar-refractivity contribution in [2.24, 2.45) is 28.6 Å². The SMILES string of the molecule is CN(C(=O)c1cnn2ccccc12)C1CCCCC1.C[C@@H]1C[C@H]2[C@@H]3CCC4=CC(=O)C=C[C@]4(C)[C@@]3(F)[C@@H](O)C[C@]2(C)[C@@]1(O)C(=O)CO. The number of amides is 1. The molecule has 254 valence electrons. The number of nitrogens with zero attached hydrogens (tertiary/aromatic N) is 3. The molecule has 0 spiro atoms. The molecule has 0 unspecified atom stereocenters. The zero-order valence-corrected chi connectivity index (χ0v) is 27.9. The van der Waals surface area contributed by atoms with Gasteiger partial charge in [-0.2, -0.15) is 5.10 Å². The molecule has 2 heterocycles. The minimum atomic E-state index is -1.98. The number of alkyl halides is 1. The fraction of sp³-hybridized carbons (Fsp3) is 0.622. The van der Waals surface area contributed by atoms with Gasteiger partial charge in [0.2, 0.25) is 0 Å². The van der Waals surface area contributed by atoms with Crippen LogP contribution < -0.4 is 0 Å². The highest BCUT2D eigenvalue weighted by Gasteiger charge is 2.75. The molecule has 8 atom stereocenters. The van der Waals surface area contributed by atoms with Gasteiger partial charge in [0, 0.05) is 36.0 Å². The Balaban J connectivity index is 0.000000177. The van der Waals surface area contributed by atoms with Crippen LogP contribution in [0.15, 0.2) is 54.4 Å². The van der Waals surface area contributed by atoms with Crippen molar-refractivity contribution in [2.75, 3.05) is 13.7 Å². The molecule has 0 saturated heterocycles. The van der Waals surface area contributed by atoms with Crippen LogP contribution >= 0.6 is 0 Å². The normalized spacial score (nSPS) is 38.0. The van der Waals surface area contributed by atoms with E-state index in [1.54, 1.807) is 37.6 Å². The Kier molecular flexibility index (Phi) is 8.63. The molecular weight excluding hydrogens is 601 g/mol. The van der Waals surface area contributed by atoms with Crippen LogP contribution in [-0.4, -0.2) is 84.4 Å². The molecule has 0 radical (unpaired) electrons. The zero-order chi connectivity index (χ0) is 33.9. The van der Waals surface area contributed by atoms with Crippen LogP contribution in [0.1, 0.15) is 88.9 Å². The third-order valence-corrected chi connectivity index (χ3v) is 12.9. The van der Waals surface area contributed by atoms with E-state index in [9.17, 15) is 29.7 Å². The summed E-state index contributed by atoms with van der Waals surface area (Å²) < 4.78 is 18.6. The van der Waals surface area contributed by atoms with Gasteiger partial charge in [-0.1, -0.05) is 50.8 Å². The van der Waals surface area contributed by atoms with Crippen molar-refractivity contribution in [2.45, 2.75) is 102 Å². The second-order valence-electron chi connectivity index (χ2n) is 15.0. The van der Waals surface area contributed by atoms with Crippen molar-refractivity contribution in [3.05, 3.63) is 60.0 Å². The lowest BCUT2D eigenvalue weighted by Crippen LogP contribution is -2.69. The largest absolute Gasteiger partial charge is 0.390 e. The number of Topliss-reactive ketones (excluding diaryl/α,β-unsaturated/α-hetero) is 1. The number of ketones is 2. The lowest BCUT2D eigenvalue weighted by atomic mass is 9.44. The second-order valence-corrected chi connectivity index (χ2v) is 15.0. The van der Waals surface area contributed by atoms with Gasteiger partial charge in [0.25, 0.3) is 5.91 Å². The van der Waals surface area contributed by atoms with Crippen molar-refractivity contribution >= 4 is 23.0 Å². The number of aromatic nitrogens is 2. The van der Waals surface area contributed by atoms with E-state index >= 15 is 4.39 Å². The van der Waals surface area contributed by atoms with Gasteiger partial charge in [-0.25, -0.2) is 8.91 Å². The summed E-state index contributed by atoms with van der Waals surface area (Å²) in [6.07, 6.45) is 14.0. The van der Waals surface area contributed by atoms with Crippen LogP contribution in [0.25, 0.3) is 5.52 Å². The Morgan fingerprint density at radius 2 is 1.85 bits per heavy atom. The summed E-state index contributed by atoms with van der Waals surface area (Å²) in [6, 6.07) is 6.18. The predicted molar refractivity (Wildman–Crippen MR) is 174 cm³/mol. The Bertz CT molecular complexity index is 1630. The van der Waals surface area contributed by atoms with Crippen molar-refractivity contribution in [1.82, 2.24) is 14.5 Å². The zero-order valence-electron chi connectivity index (χ0n) is 27.9. The number of hydrogen-bond acceptors (Lipinski definition) is 7. The third-order valence-electron chi connectivity index (χ3n) is 12.9. The van der Waals surface area contributed by atoms with E-state index in [1.807, 2.05) is 36.3 Å². The molecule has 4 fully saturated rings. The molecule has 47 heavy (non-hydrogen) atoms. The number of rotatable bonds is 4. The maximum absolute atomic E-state index is 16.9. The van der Waals surface area contributed by atoms with Crippen LogP contribution in [0.4, 0.5) is 4.39 Å². The molecule has 2 aromatic rings. The summed E-state index contributed by atoms with van der Waals surface area (Å²) in [5.41, 5.74) is -3.58. The lowest BCUT2D eigenvalue weighted by molar-refractivity contribution is -0.219. The number of halogens is 1. The number of aliphatic hydroxyl groups excluding tert-OH is 2.